The molecule has 0 radical (unpaired) electrons. The van der Waals surface area contributed by atoms with E-state index in [0.29, 0.717) is 0 Å². The Morgan fingerprint density at radius 1 is 1.17 bits per heavy atom. The van der Waals surface area contributed by atoms with Crippen LogP contribution >= 0.6 is 0 Å². The molecule has 0 rings (SSSR count). The number of aldehydes is 1. The number of ether oxygens (including phenoxy) is 1. The van der Waals surface area contributed by atoms with E-state index in [1.54, 1.807) is 13.2 Å². The molecule has 0 N–H and O–H groups in total. The standard InChI is InChI=1S/C19H36O3Si/c1-11-18(7,14-12-13-16(2)3)19(15-20,21-8)22-23(9,10)17(4,5)6/h11,13,15H,1,12,14H2,2-10H3. The number of allylic oxidation sites excluding steroid dienone is 2. The molecule has 0 amide bonds. The lowest BCUT2D eigenvalue weighted by Gasteiger charge is -2.49. The van der Waals surface area contributed by atoms with Crippen LogP contribution in [0.3, 0.4) is 0 Å². The van der Waals surface area contributed by atoms with Gasteiger partial charge in [-0.1, -0.05) is 45.4 Å². The van der Waals surface area contributed by atoms with Crippen LogP contribution < -0.4 is 0 Å². The first-order valence-corrected chi connectivity index (χ1v) is 11.2. The van der Waals surface area contributed by atoms with Crippen molar-refractivity contribution in [2.24, 2.45) is 5.41 Å². The van der Waals surface area contributed by atoms with Crippen molar-refractivity contribution in [2.75, 3.05) is 7.11 Å². The van der Waals surface area contributed by atoms with Crippen LogP contribution in [0.5, 0.6) is 0 Å². The molecule has 0 heterocycles. The second-order valence-electron chi connectivity index (χ2n) is 8.29. The molecule has 4 heteroatoms. The van der Waals surface area contributed by atoms with E-state index in [2.05, 4.69) is 60.4 Å². The molecule has 0 aromatic carbocycles. The van der Waals surface area contributed by atoms with Gasteiger partial charge in [0.05, 0.1) is 0 Å². The van der Waals surface area contributed by atoms with E-state index in [4.69, 9.17) is 9.16 Å². The summed E-state index contributed by atoms with van der Waals surface area (Å²) in [6.45, 7) is 20.8. The zero-order valence-corrected chi connectivity index (χ0v) is 17.6. The first-order valence-electron chi connectivity index (χ1n) is 8.29. The molecular weight excluding hydrogens is 304 g/mol. The third-order valence-electron chi connectivity index (χ3n) is 5.13. The van der Waals surface area contributed by atoms with Crippen molar-refractivity contribution in [3.8, 4) is 0 Å². The van der Waals surface area contributed by atoms with E-state index >= 15 is 0 Å². The van der Waals surface area contributed by atoms with Crippen molar-refractivity contribution in [3.63, 3.8) is 0 Å². The van der Waals surface area contributed by atoms with Gasteiger partial charge in [0.15, 0.2) is 14.6 Å². The molecule has 134 valence electrons. The van der Waals surface area contributed by atoms with Gasteiger partial charge in [-0.25, -0.2) is 0 Å². The summed E-state index contributed by atoms with van der Waals surface area (Å²) in [5.74, 6) is -1.30. The maximum absolute atomic E-state index is 12.1. The van der Waals surface area contributed by atoms with Crippen LogP contribution in [0.2, 0.25) is 18.1 Å². The van der Waals surface area contributed by atoms with Gasteiger partial charge in [-0.05, 0) is 44.8 Å². The maximum Gasteiger partial charge on any atom is 0.225 e. The monoisotopic (exact) mass is 340 g/mol. The van der Waals surface area contributed by atoms with Crippen LogP contribution in [0.25, 0.3) is 0 Å². The van der Waals surface area contributed by atoms with Gasteiger partial charge in [0.25, 0.3) is 0 Å². The minimum absolute atomic E-state index is 0.0121. The largest absolute Gasteiger partial charge is 0.384 e. The lowest BCUT2D eigenvalue weighted by Crippen LogP contribution is -2.58. The summed E-state index contributed by atoms with van der Waals surface area (Å²) < 4.78 is 12.1. The maximum atomic E-state index is 12.1. The van der Waals surface area contributed by atoms with E-state index in [1.165, 1.54) is 5.57 Å². The molecule has 0 aliphatic carbocycles. The Morgan fingerprint density at radius 2 is 1.70 bits per heavy atom. The quantitative estimate of drug-likeness (QED) is 0.241. The molecule has 0 fully saturated rings. The highest BCUT2D eigenvalue weighted by molar-refractivity contribution is 6.74. The van der Waals surface area contributed by atoms with Crippen molar-refractivity contribution < 1.29 is 14.0 Å². The van der Waals surface area contributed by atoms with Gasteiger partial charge in [0.2, 0.25) is 5.79 Å². The molecular formula is C19H36O3Si. The van der Waals surface area contributed by atoms with E-state index in [9.17, 15) is 4.79 Å². The second kappa shape index (κ2) is 7.91. The minimum Gasteiger partial charge on any atom is -0.384 e. The summed E-state index contributed by atoms with van der Waals surface area (Å²) in [7, 11) is -0.643. The first-order chi connectivity index (χ1) is 10.3. The summed E-state index contributed by atoms with van der Waals surface area (Å²) in [6.07, 6.45) is 6.38. The number of carbonyl (C=O) groups excluding carboxylic acids is 1. The highest BCUT2D eigenvalue weighted by Gasteiger charge is 2.53. The van der Waals surface area contributed by atoms with Crippen LogP contribution in [0.4, 0.5) is 0 Å². The fourth-order valence-electron chi connectivity index (χ4n) is 2.21. The summed E-state index contributed by atoms with van der Waals surface area (Å²) in [5, 5.41) is -0.0121. The van der Waals surface area contributed by atoms with E-state index in [-0.39, 0.29) is 5.04 Å². The van der Waals surface area contributed by atoms with Gasteiger partial charge in [-0.15, -0.1) is 6.58 Å². The highest BCUT2D eigenvalue weighted by Crippen LogP contribution is 2.46. The topological polar surface area (TPSA) is 35.5 Å². The lowest BCUT2D eigenvalue weighted by atomic mass is 9.77. The van der Waals surface area contributed by atoms with Crippen molar-refractivity contribution in [3.05, 3.63) is 24.3 Å². The zero-order valence-electron chi connectivity index (χ0n) is 16.6. The molecule has 0 aliphatic rings. The molecule has 23 heavy (non-hydrogen) atoms. The highest BCUT2D eigenvalue weighted by atomic mass is 28.4. The Hall–Kier alpha value is -0.713. The van der Waals surface area contributed by atoms with Gasteiger partial charge in [-0.2, -0.15) is 0 Å². The Kier molecular flexibility index (Phi) is 7.66. The predicted octanol–water partition coefficient (Wildman–Crippen LogP) is 5.49. The Morgan fingerprint density at radius 3 is 2.00 bits per heavy atom. The fraction of sp³-hybridized carbons (Fsp3) is 0.737. The van der Waals surface area contributed by atoms with Crippen LogP contribution in [-0.2, 0) is 14.0 Å². The number of carbonyl (C=O) groups is 1. The molecule has 2 unspecified atom stereocenters. The number of methoxy groups -OCH3 is 1. The molecule has 0 bridgehead atoms. The summed E-state index contributed by atoms with van der Waals surface area (Å²) in [4.78, 5) is 12.1. The predicted molar refractivity (Wildman–Crippen MR) is 101 cm³/mol. The van der Waals surface area contributed by atoms with Crippen LogP contribution in [-0.4, -0.2) is 27.5 Å². The molecule has 2 atom stereocenters. The normalized spacial score (nSPS) is 17.8. The number of hydrogen-bond acceptors (Lipinski definition) is 3. The molecule has 0 spiro atoms. The third kappa shape index (κ3) is 5.13. The minimum atomic E-state index is -2.19. The van der Waals surface area contributed by atoms with Crippen molar-refractivity contribution in [1.29, 1.82) is 0 Å². The van der Waals surface area contributed by atoms with Gasteiger partial charge in [0.1, 0.15) is 0 Å². The molecule has 0 saturated carbocycles. The van der Waals surface area contributed by atoms with Gasteiger partial charge in [-0.3, -0.25) is 4.79 Å². The average molecular weight is 341 g/mol. The summed E-state index contributed by atoms with van der Waals surface area (Å²) in [5.41, 5.74) is 0.668. The van der Waals surface area contributed by atoms with E-state index in [0.717, 1.165) is 19.1 Å². The summed E-state index contributed by atoms with van der Waals surface area (Å²) >= 11 is 0. The first kappa shape index (κ1) is 22.3. The number of rotatable bonds is 9. The Bertz CT molecular complexity index is 444. The molecule has 0 aliphatic heterocycles. The molecule has 3 nitrogen and oxygen atoms in total. The SMILES string of the molecule is C=CC(C)(CCC=C(C)C)C(C=O)(OC)O[Si](C)(C)C(C)(C)C. The van der Waals surface area contributed by atoms with Crippen molar-refractivity contribution >= 4 is 14.6 Å². The molecule has 0 aromatic heterocycles. The van der Waals surface area contributed by atoms with E-state index < -0.39 is 19.5 Å². The number of hydrogen-bond donors (Lipinski definition) is 0. The smallest absolute Gasteiger partial charge is 0.225 e. The molecule has 0 saturated heterocycles. The molecule has 0 aromatic rings. The second-order valence-corrected chi connectivity index (χ2v) is 13.0. The van der Waals surface area contributed by atoms with Crippen molar-refractivity contribution in [2.45, 2.75) is 78.3 Å². The van der Waals surface area contributed by atoms with Gasteiger partial charge >= 0.3 is 0 Å². The van der Waals surface area contributed by atoms with Gasteiger partial charge < -0.3 is 9.16 Å². The van der Waals surface area contributed by atoms with Crippen LogP contribution in [0.15, 0.2) is 24.3 Å². The average Bonchev–Trinajstić information content (AvgIpc) is 2.42. The van der Waals surface area contributed by atoms with Crippen molar-refractivity contribution in [1.82, 2.24) is 0 Å². The van der Waals surface area contributed by atoms with Crippen LogP contribution in [0.1, 0.15) is 54.4 Å². The lowest BCUT2D eigenvalue weighted by molar-refractivity contribution is -0.213. The Balaban J connectivity index is 5.75. The van der Waals surface area contributed by atoms with Gasteiger partial charge in [0, 0.05) is 12.5 Å². The fourth-order valence-corrected chi connectivity index (χ4v) is 3.64. The Labute approximate surface area is 144 Å². The van der Waals surface area contributed by atoms with Crippen LogP contribution in [0, 0.1) is 5.41 Å². The van der Waals surface area contributed by atoms with E-state index in [1.807, 2.05) is 6.92 Å². The summed E-state index contributed by atoms with van der Waals surface area (Å²) in [6, 6.07) is 0. The third-order valence-corrected chi connectivity index (χ3v) is 9.56. The zero-order chi connectivity index (χ0) is 18.5.